The standard InChI is InChI=1S/C13H17F3N2/c1-12(13(14,15)16)17-11(9-18(12)2)8-10-6-4-3-5-7-10/h3-7,11,17H,8-9H2,1-2H3/t11-,12+/m0/s1. The Hall–Kier alpha value is -1.07. The molecule has 5 heteroatoms. The second kappa shape index (κ2) is 4.55. The second-order valence-corrected chi connectivity index (χ2v) is 4.98. The molecule has 0 unspecified atom stereocenters. The summed E-state index contributed by atoms with van der Waals surface area (Å²) in [5.74, 6) is 0. The highest BCUT2D eigenvalue weighted by molar-refractivity contribution is 5.17. The van der Waals surface area contributed by atoms with Crippen molar-refractivity contribution in [1.29, 1.82) is 0 Å². The van der Waals surface area contributed by atoms with Crippen LogP contribution in [-0.4, -0.2) is 36.4 Å². The van der Waals surface area contributed by atoms with E-state index in [0.29, 0.717) is 13.0 Å². The molecule has 0 aromatic heterocycles. The summed E-state index contributed by atoms with van der Waals surface area (Å²) in [6.45, 7) is 1.59. The van der Waals surface area contributed by atoms with E-state index >= 15 is 0 Å². The molecule has 1 aliphatic rings. The van der Waals surface area contributed by atoms with Crippen LogP contribution in [0.15, 0.2) is 30.3 Å². The first kappa shape index (κ1) is 13.4. The molecule has 1 aromatic carbocycles. The zero-order valence-electron chi connectivity index (χ0n) is 10.5. The van der Waals surface area contributed by atoms with E-state index in [9.17, 15) is 13.2 Å². The zero-order chi connectivity index (χ0) is 13.4. The number of alkyl halides is 3. The normalized spacial score (nSPS) is 29.7. The third-order valence-corrected chi connectivity index (χ3v) is 3.62. The third kappa shape index (κ3) is 2.37. The second-order valence-electron chi connectivity index (χ2n) is 4.98. The molecule has 2 rings (SSSR count). The van der Waals surface area contributed by atoms with Crippen molar-refractivity contribution in [3.8, 4) is 0 Å². The van der Waals surface area contributed by atoms with Crippen LogP contribution in [0.25, 0.3) is 0 Å². The summed E-state index contributed by atoms with van der Waals surface area (Å²) in [7, 11) is 1.51. The first-order chi connectivity index (χ1) is 8.33. The van der Waals surface area contributed by atoms with Crippen molar-refractivity contribution in [3.05, 3.63) is 35.9 Å². The number of likely N-dealkylation sites (N-methyl/N-ethyl adjacent to an activating group) is 1. The molecule has 1 aromatic rings. The van der Waals surface area contributed by atoms with Crippen molar-refractivity contribution in [2.24, 2.45) is 0 Å². The molecule has 0 radical (unpaired) electrons. The lowest BCUT2D eigenvalue weighted by Crippen LogP contribution is -2.59. The predicted molar refractivity (Wildman–Crippen MR) is 64.2 cm³/mol. The van der Waals surface area contributed by atoms with Crippen molar-refractivity contribution >= 4 is 0 Å². The van der Waals surface area contributed by atoms with Gasteiger partial charge in [0.15, 0.2) is 5.66 Å². The molecule has 1 saturated heterocycles. The van der Waals surface area contributed by atoms with E-state index in [1.165, 1.54) is 18.9 Å². The molecule has 1 aliphatic heterocycles. The molecule has 0 saturated carbocycles. The first-order valence-corrected chi connectivity index (χ1v) is 5.92. The summed E-state index contributed by atoms with van der Waals surface area (Å²) in [4.78, 5) is 1.33. The van der Waals surface area contributed by atoms with Crippen molar-refractivity contribution in [2.45, 2.75) is 31.2 Å². The number of halogens is 3. The number of nitrogens with one attached hydrogen (secondary N) is 1. The van der Waals surface area contributed by atoms with Gasteiger partial charge in [-0.1, -0.05) is 30.3 Å². The minimum atomic E-state index is -4.27. The monoisotopic (exact) mass is 258 g/mol. The first-order valence-electron chi connectivity index (χ1n) is 5.92. The van der Waals surface area contributed by atoms with Gasteiger partial charge < -0.3 is 0 Å². The van der Waals surface area contributed by atoms with E-state index in [1.807, 2.05) is 30.3 Å². The predicted octanol–water partition coefficient (Wildman–Crippen LogP) is 2.41. The van der Waals surface area contributed by atoms with Gasteiger partial charge in [-0.25, -0.2) is 0 Å². The number of nitrogens with zero attached hydrogens (tertiary/aromatic N) is 1. The summed E-state index contributed by atoms with van der Waals surface area (Å²) in [6, 6.07) is 9.39. The molecular weight excluding hydrogens is 241 g/mol. The van der Waals surface area contributed by atoms with Gasteiger partial charge in [0.05, 0.1) is 0 Å². The van der Waals surface area contributed by atoms with Crippen LogP contribution in [0.2, 0.25) is 0 Å². The molecule has 2 atom stereocenters. The quantitative estimate of drug-likeness (QED) is 0.876. The van der Waals surface area contributed by atoms with Crippen LogP contribution in [0.3, 0.4) is 0 Å². The summed E-state index contributed by atoms with van der Waals surface area (Å²) < 4.78 is 39.0. The minimum absolute atomic E-state index is 0.177. The fraction of sp³-hybridized carbons (Fsp3) is 0.538. The van der Waals surface area contributed by atoms with Gasteiger partial charge in [0, 0.05) is 12.6 Å². The number of benzene rings is 1. The average Bonchev–Trinajstić information content (AvgIpc) is 2.56. The Balaban J connectivity index is 2.08. The Morgan fingerprint density at radius 2 is 1.94 bits per heavy atom. The van der Waals surface area contributed by atoms with Gasteiger partial charge in [-0.2, -0.15) is 13.2 Å². The summed E-state index contributed by atoms with van der Waals surface area (Å²) in [5.41, 5.74) is -0.873. The summed E-state index contributed by atoms with van der Waals surface area (Å²) in [5, 5.41) is 2.71. The molecule has 2 nitrogen and oxygen atoms in total. The lowest BCUT2D eigenvalue weighted by atomic mass is 10.1. The van der Waals surface area contributed by atoms with Gasteiger partial charge in [-0.3, -0.25) is 10.2 Å². The van der Waals surface area contributed by atoms with Crippen molar-refractivity contribution in [1.82, 2.24) is 10.2 Å². The molecule has 1 heterocycles. The number of rotatable bonds is 2. The molecule has 1 fully saturated rings. The van der Waals surface area contributed by atoms with Gasteiger partial charge in [-0.05, 0) is 26.0 Å². The van der Waals surface area contributed by atoms with Crippen molar-refractivity contribution in [3.63, 3.8) is 0 Å². The highest BCUT2D eigenvalue weighted by Gasteiger charge is 2.58. The Bertz CT molecular complexity index is 404. The minimum Gasteiger partial charge on any atom is -0.287 e. The maximum absolute atomic E-state index is 13.0. The molecular formula is C13H17F3N2. The van der Waals surface area contributed by atoms with Gasteiger partial charge in [-0.15, -0.1) is 0 Å². The lowest BCUT2D eigenvalue weighted by Gasteiger charge is -2.34. The molecule has 18 heavy (non-hydrogen) atoms. The van der Waals surface area contributed by atoms with Gasteiger partial charge in [0.2, 0.25) is 0 Å². The highest BCUT2D eigenvalue weighted by atomic mass is 19.4. The lowest BCUT2D eigenvalue weighted by molar-refractivity contribution is -0.221. The SMILES string of the molecule is CN1C[C@H](Cc2ccccc2)N[C@@]1(C)C(F)(F)F. The van der Waals surface area contributed by atoms with E-state index in [0.717, 1.165) is 5.56 Å². The Labute approximate surface area is 105 Å². The van der Waals surface area contributed by atoms with E-state index in [2.05, 4.69) is 5.32 Å². The molecule has 100 valence electrons. The van der Waals surface area contributed by atoms with Crippen LogP contribution >= 0.6 is 0 Å². The van der Waals surface area contributed by atoms with Crippen LogP contribution in [0, 0.1) is 0 Å². The van der Waals surface area contributed by atoms with Crippen molar-refractivity contribution < 1.29 is 13.2 Å². The summed E-state index contributed by atoms with van der Waals surface area (Å²) in [6.07, 6.45) is -3.66. The topological polar surface area (TPSA) is 15.3 Å². The molecule has 0 aliphatic carbocycles. The van der Waals surface area contributed by atoms with Crippen LogP contribution < -0.4 is 5.32 Å². The maximum Gasteiger partial charge on any atom is 0.419 e. The third-order valence-electron chi connectivity index (χ3n) is 3.62. The van der Waals surface area contributed by atoms with Gasteiger partial charge >= 0.3 is 6.18 Å². The maximum atomic E-state index is 13.0. The molecule has 0 bridgehead atoms. The highest BCUT2D eigenvalue weighted by Crippen LogP contribution is 2.36. The van der Waals surface area contributed by atoms with E-state index < -0.39 is 11.8 Å². The number of hydrogen-bond acceptors (Lipinski definition) is 2. The molecule has 1 N–H and O–H groups in total. The van der Waals surface area contributed by atoms with Gasteiger partial charge in [0.25, 0.3) is 0 Å². The fourth-order valence-electron chi connectivity index (χ4n) is 2.38. The van der Waals surface area contributed by atoms with Crippen LogP contribution in [0.4, 0.5) is 13.2 Å². The van der Waals surface area contributed by atoms with Crippen LogP contribution in [0.1, 0.15) is 12.5 Å². The fourth-order valence-corrected chi connectivity index (χ4v) is 2.38. The van der Waals surface area contributed by atoms with Gasteiger partial charge in [0.1, 0.15) is 0 Å². The average molecular weight is 258 g/mol. The van der Waals surface area contributed by atoms with E-state index in [-0.39, 0.29) is 6.04 Å². The van der Waals surface area contributed by atoms with Crippen LogP contribution in [0.5, 0.6) is 0 Å². The van der Waals surface area contributed by atoms with E-state index in [4.69, 9.17) is 0 Å². The zero-order valence-corrected chi connectivity index (χ0v) is 10.5. The summed E-state index contributed by atoms with van der Waals surface area (Å²) >= 11 is 0. The Morgan fingerprint density at radius 3 is 2.44 bits per heavy atom. The molecule has 0 amide bonds. The molecule has 0 spiro atoms. The van der Waals surface area contributed by atoms with E-state index in [1.54, 1.807) is 0 Å². The smallest absolute Gasteiger partial charge is 0.287 e. The van der Waals surface area contributed by atoms with Crippen LogP contribution in [-0.2, 0) is 6.42 Å². The largest absolute Gasteiger partial charge is 0.419 e. The number of hydrogen-bond donors (Lipinski definition) is 1. The Morgan fingerprint density at radius 1 is 1.33 bits per heavy atom. The van der Waals surface area contributed by atoms with Crippen molar-refractivity contribution in [2.75, 3.05) is 13.6 Å². The Kier molecular flexibility index (Phi) is 3.38.